The molecule has 0 saturated heterocycles. The number of ether oxygens (including phenoxy) is 2. The molecule has 1 amide bonds. The minimum atomic E-state index is -0.672. The van der Waals surface area contributed by atoms with Crippen molar-refractivity contribution in [1.29, 1.82) is 0 Å². The van der Waals surface area contributed by atoms with Crippen molar-refractivity contribution < 1.29 is 14.3 Å². The molecule has 0 aliphatic rings. The van der Waals surface area contributed by atoms with Gasteiger partial charge in [0.15, 0.2) is 0 Å². The average molecular weight is 390 g/mol. The molecular formula is C24H26N2O3. The number of carbonyl (C=O) groups excluding carboxylic acids is 1. The molecule has 150 valence electrons. The highest BCUT2D eigenvalue weighted by atomic mass is 16.5. The first-order valence-corrected chi connectivity index (χ1v) is 9.65. The Kier molecular flexibility index (Phi) is 6.98. The van der Waals surface area contributed by atoms with E-state index in [4.69, 9.17) is 9.47 Å². The number of carbonyl (C=O) groups is 1. The monoisotopic (exact) mass is 390 g/mol. The molecular weight excluding hydrogens is 364 g/mol. The number of benzene rings is 2. The maximum Gasteiger partial charge on any atom is 0.253 e. The number of hydrogen-bond donors (Lipinski definition) is 1. The SMILES string of the molecule is COCCCOc1ccc(C(=O)NC(C)(c2ccccc2)c2ccccc2)cn1. The predicted octanol–water partition coefficient (Wildman–Crippen LogP) is 4.19. The van der Waals surface area contributed by atoms with Crippen LogP contribution in [0.2, 0.25) is 0 Å². The van der Waals surface area contributed by atoms with E-state index in [2.05, 4.69) is 10.3 Å². The van der Waals surface area contributed by atoms with Crippen molar-refractivity contribution in [2.75, 3.05) is 20.3 Å². The van der Waals surface area contributed by atoms with Gasteiger partial charge in [0.25, 0.3) is 5.91 Å². The quantitative estimate of drug-likeness (QED) is 0.557. The molecule has 5 heteroatoms. The normalized spacial score (nSPS) is 11.1. The van der Waals surface area contributed by atoms with Crippen LogP contribution in [0.3, 0.4) is 0 Å². The fourth-order valence-corrected chi connectivity index (χ4v) is 3.13. The van der Waals surface area contributed by atoms with Crippen molar-refractivity contribution in [1.82, 2.24) is 10.3 Å². The number of rotatable bonds is 9. The molecule has 3 rings (SSSR count). The van der Waals surface area contributed by atoms with Gasteiger partial charge in [-0.2, -0.15) is 0 Å². The summed E-state index contributed by atoms with van der Waals surface area (Å²) in [7, 11) is 1.66. The lowest BCUT2D eigenvalue weighted by Gasteiger charge is -2.32. The van der Waals surface area contributed by atoms with E-state index in [-0.39, 0.29) is 5.91 Å². The van der Waals surface area contributed by atoms with Gasteiger partial charge in [-0.05, 0) is 24.1 Å². The molecule has 0 bridgehead atoms. The topological polar surface area (TPSA) is 60.5 Å². The summed E-state index contributed by atoms with van der Waals surface area (Å²) in [5.74, 6) is 0.296. The summed E-state index contributed by atoms with van der Waals surface area (Å²) in [6.45, 7) is 3.17. The molecule has 1 N–H and O–H groups in total. The minimum Gasteiger partial charge on any atom is -0.478 e. The Hall–Kier alpha value is -3.18. The zero-order valence-electron chi connectivity index (χ0n) is 16.8. The van der Waals surface area contributed by atoms with Crippen molar-refractivity contribution in [3.8, 4) is 5.88 Å². The van der Waals surface area contributed by atoms with Crippen LogP contribution >= 0.6 is 0 Å². The number of amides is 1. The summed E-state index contributed by atoms with van der Waals surface area (Å²) in [6.07, 6.45) is 2.32. The number of nitrogens with one attached hydrogen (secondary N) is 1. The third-order valence-corrected chi connectivity index (χ3v) is 4.81. The summed E-state index contributed by atoms with van der Waals surface area (Å²) < 4.78 is 10.6. The fraction of sp³-hybridized carbons (Fsp3) is 0.250. The summed E-state index contributed by atoms with van der Waals surface area (Å²) in [5, 5.41) is 3.19. The van der Waals surface area contributed by atoms with E-state index in [1.54, 1.807) is 19.2 Å². The molecule has 2 aromatic carbocycles. The molecule has 1 aromatic heterocycles. The summed E-state index contributed by atoms with van der Waals surface area (Å²) in [6, 6.07) is 23.3. The van der Waals surface area contributed by atoms with E-state index in [1.165, 1.54) is 6.20 Å². The van der Waals surface area contributed by atoms with Crippen LogP contribution in [-0.4, -0.2) is 31.2 Å². The molecule has 3 aromatic rings. The van der Waals surface area contributed by atoms with Crippen molar-refractivity contribution in [3.05, 3.63) is 95.7 Å². The number of methoxy groups -OCH3 is 1. The standard InChI is InChI=1S/C24H26N2O3/c1-24(20-10-5-3-6-11-20,21-12-7-4-8-13-21)26-23(27)19-14-15-22(25-18-19)29-17-9-16-28-2/h3-8,10-15,18H,9,16-17H2,1-2H3,(H,26,27). The van der Waals surface area contributed by atoms with E-state index in [0.29, 0.717) is 24.7 Å². The Morgan fingerprint density at radius 3 is 2.07 bits per heavy atom. The van der Waals surface area contributed by atoms with Gasteiger partial charge in [0.1, 0.15) is 0 Å². The van der Waals surface area contributed by atoms with Crippen LogP contribution in [0.25, 0.3) is 0 Å². The van der Waals surface area contributed by atoms with E-state index < -0.39 is 5.54 Å². The van der Waals surface area contributed by atoms with Crippen LogP contribution in [0.4, 0.5) is 0 Å². The van der Waals surface area contributed by atoms with E-state index in [9.17, 15) is 4.79 Å². The van der Waals surface area contributed by atoms with Gasteiger partial charge in [-0.25, -0.2) is 4.98 Å². The van der Waals surface area contributed by atoms with Crippen LogP contribution in [0.5, 0.6) is 5.88 Å². The molecule has 0 radical (unpaired) electrons. The predicted molar refractivity (Wildman–Crippen MR) is 113 cm³/mol. The second kappa shape index (κ2) is 9.85. The molecule has 0 aliphatic heterocycles. The minimum absolute atomic E-state index is 0.196. The largest absolute Gasteiger partial charge is 0.478 e. The summed E-state index contributed by atoms with van der Waals surface area (Å²) in [4.78, 5) is 17.3. The second-order valence-electron chi connectivity index (χ2n) is 6.89. The van der Waals surface area contributed by atoms with Crippen molar-refractivity contribution in [2.45, 2.75) is 18.9 Å². The van der Waals surface area contributed by atoms with Crippen LogP contribution < -0.4 is 10.1 Å². The summed E-state index contributed by atoms with van der Waals surface area (Å²) in [5.41, 5.74) is 1.82. The third kappa shape index (κ3) is 5.21. The first kappa shape index (κ1) is 20.6. The molecule has 0 fully saturated rings. The number of hydrogen-bond acceptors (Lipinski definition) is 4. The fourth-order valence-electron chi connectivity index (χ4n) is 3.13. The lowest BCUT2D eigenvalue weighted by atomic mass is 9.84. The Labute approximate surface area is 171 Å². The highest BCUT2D eigenvalue weighted by Gasteiger charge is 2.31. The second-order valence-corrected chi connectivity index (χ2v) is 6.89. The number of pyridine rings is 1. The maximum atomic E-state index is 13.0. The van der Waals surface area contributed by atoms with E-state index in [0.717, 1.165) is 17.5 Å². The van der Waals surface area contributed by atoms with E-state index >= 15 is 0 Å². The Morgan fingerprint density at radius 1 is 0.931 bits per heavy atom. The van der Waals surface area contributed by atoms with Crippen LogP contribution in [0.15, 0.2) is 79.0 Å². The number of nitrogens with zero attached hydrogens (tertiary/aromatic N) is 1. The first-order chi connectivity index (χ1) is 14.1. The number of aromatic nitrogens is 1. The van der Waals surface area contributed by atoms with Gasteiger partial charge in [0.2, 0.25) is 5.88 Å². The molecule has 0 spiro atoms. The molecule has 0 saturated carbocycles. The summed E-state index contributed by atoms with van der Waals surface area (Å²) >= 11 is 0. The van der Waals surface area contributed by atoms with Crippen molar-refractivity contribution >= 4 is 5.91 Å². The molecule has 29 heavy (non-hydrogen) atoms. The Bertz CT molecular complexity index is 857. The highest BCUT2D eigenvalue weighted by molar-refractivity contribution is 5.94. The Balaban J connectivity index is 1.77. The van der Waals surface area contributed by atoms with E-state index in [1.807, 2.05) is 67.6 Å². The zero-order chi connectivity index (χ0) is 20.5. The molecule has 5 nitrogen and oxygen atoms in total. The van der Waals surface area contributed by atoms with Crippen molar-refractivity contribution in [3.63, 3.8) is 0 Å². The smallest absolute Gasteiger partial charge is 0.253 e. The maximum absolute atomic E-state index is 13.0. The molecule has 0 atom stereocenters. The molecule has 0 unspecified atom stereocenters. The lowest BCUT2D eigenvalue weighted by Crippen LogP contribution is -2.44. The van der Waals surface area contributed by atoms with Crippen LogP contribution in [0, 0.1) is 0 Å². The van der Waals surface area contributed by atoms with Gasteiger partial charge >= 0.3 is 0 Å². The van der Waals surface area contributed by atoms with Gasteiger partial charge < -0.3 is 14.8 Å². The Morgan fingerprint density at radius 2 is 1.55 bits per heavy atom. The van der Waals surface area contributed by atoms with Gasteiger partial charge in [-0.3, -0.25) is 4.79 Å². The van der Waals surface area contributed by atoms with Crippen LogP contribution in [-0.2, 0) is 10.3 Å². The van der Waals surface area contributed by atoms with Crippen LogP contribution in [0.1, 0.15) is 34.8 Å². The first-order valence-electron chi connectivity index (χ1n) is 9.65. The zero-order valence-corrected chi connectivity index (χ0v) is 16.8. The van der Waals surface area contributed by atoms with Gasteiger partial charge in [-0.15, -0.1) is 0 Å². The molecule has 0 aliphatic carbocycles. The lowest BCUT2D eigenvalue weighted by molar-refractivity contribution is 0.0918. The van der Waals surface area contributed by atoms with Gasteiger partial charge in [0, 0.05) is 32.4 Å². The van der Waals surface area contributed by atoms with Gasteiger partial charge in [-0.1, -0.05) is 60.7 Å². The highest BCUT2D eigenvalue weighted by Crippen LogP contribution is 2.29. The van der Waals surface area contributed by atoms with Crippen molar-refractivity contribution in [2.24, 2.45) is 0 Å². The third-order valence-electron chi connectivity index (χ3n) is 4.81. The molecule has 1 heterocycles. The average Bonchev–Trinajstić information content (AvgIpc) is 2.78. The van der Waals surface area contributed by atoms with Gasteiger partial charge in [0.05, 0.1) is 17.7 Å².